The number of anilines is 1. The number of rotatable bonds is 4. The molecule has 0 unspecified atom stereocenters. The summed E-state index contributed by atoms with van der Waals surface area (Å²) in [5, 5.41) is 0. The van der Waals surface area contributed by atoms with Crippen LogP contribution >= 0.6 is 15.9 Å². The van der Waals surface area contributed by atoms with Crippen molar-refractivity contribution in [2.75, 3.05) is 5.73 Å². The molecule has 0 spiro atoms. The molecule has 0 aliphatic carbocycles. The molecule has 3 aromatic rings. The van der Waals surface area contributed by atoms with Crippen molar-refractivity contribution >= 4 is 33.3 Å². The minimum absolute atomic E-state index is 0.117. The third-order valence-electron chi connectivity index (χ3n) is 4.34. The SMILES string of the molecule is CC(C)(C)C(=O)c1c(N)[nH]c(C(=O)c2ccccc2)c1-c1ccccc1Br. The zero-order valence-corrected chi connectivity index (χ0v) is 17.1. The highest BCUT2D eigenvalue weighted by molar-refractivity contribution is 9.10. The first-order valence-electron chi connectivity index (χ1n) is 8.62. The van der Waals surface area contributed by atoms with Gasteiger partial charge < -0.3 is 10.7 Å². The third-order valence-corrected chi connectivity index (χ3v) is 5.03. The number of Topliss-reactive ketones (excluding diaryl/α,β-unsaturated/α-hetero) is 1. The van der Waals surface area contributed by atoms with Crippen LogP contribution in [-0.4, -0.2) is 16.6 Å². The summed E-state index contributed by atoms with van der Waals surface area (Å²) < 4.78 is 0.786. The first-order chi connectivity index (χ1) is 12.7. The van der Waals surface area contributed by atoms with Crippen molar-refractivity contribution in [3.63, 3.8) is 0 Å². The second-order valence-corrected chi connectivity index (χ2v) is 8.27. The number of ketones is 2. The lowest BCUT2D eigenvalue weighted by Gasteiger charge is -2.18. The second kappa shape index (κ2) is 7.16. The van der Waals surface area contributed by atoms with Crippen molar-refractivity contribution < 1.29 is 9.59 Å². The number of nitrogens with two attached hydrogens (primary N) is 1. The molecular weight excluding hydrogens is 404 g/mol. The van der Waals surface area contributed by atoms with Crippen LogP contribution in [0, 0.1) is 5.41 Å². The Morgan fingerprint density at radius 2 is 1.56 bits per heavy atom. The number of aromatic nitrogens is 1. The molecule has 2 aromatic carbocycles. The molecule has 3 N–H and O–H groups in total. The molecule has 0 fully saturated rings. The highest BCUT2D eigenvalue weighted by Gasteiger charge is 2.33. The van der Waals surface area contributed by atoms with Crippen LogP contribution in [0.2, 0.25) is 0 Å². The van der Waals surface area contributed by atoms with E-state index in [1.807, 2.05) is 51.1 Å². The Hall–Kier alpha value is -2.66. The molecule has 0 amide bonds. The molecule has 3 rings (SSSR count). The van der Waals surface area contributed by atoms with Crippen molar-refractivity contribution in [3.05, 3.63) is 75.9 Å². The molecule has 27 heavy (non-hydrogen) atoms. The Labute approximate surface area is 166 Å². The molecule has 0 aliphatic heterocycles. The quantitative estimate of drug-likeness (QED) is 0.543. The van der Waals surface area contributed by atoms with Gasteiger partial charge in [0.2, 0.25) is 5.78 Å². The summed E-state index contributed by atoms with van der Waals surface area (Å²) in [5.41, 5.74) is 8.05. The average Bonchev–Trinajstić information content (AvgIpc) is 2.97. The number of hydrogen-bond acceptors (Lipinski definition) is 3. The van der Waals surface area contributed by atoms with E-state index in [1.54, 1.807) is 24.3 Å². The predicted octanol–water partition coefficient (Wildman–Crippen LogP) is 5.49. The Bertz CT molecular complexity index is 1010. The summed E-state index contributed by atoms with van der Waals surface area (Å²) >= 11 is 3.54. The van der Waals surface area contributed by atoms with E-state index in [0.717, 1.165) is 10.0 Å². The number of H-pyrrole nitrogens is 1. The van der Waals surface area contributed by atoms with Gasteiger partial charge in [-0.1, -0.05) is 85.2 Å². The summed E-state index contributed by atoms with van der Waals surface area (Å²) in [6.45, 7) is 5.51. The molecule has 1 heterocycles. The number of nitrogen functional groups attached to an aromatic ring is 1. The van der Waals surface area contributed by atoms with Gasteiger partial charge in [0, 0.05) is 21.0 Å². The smallest absolute Gasteiger partial charge is 0.209 e. The van der Waals surface area contributed by atoms with Crippen LogP contribution in [0.3, 0.4) is 0 Å². The Balaban J connectivity index is 2.31. The molecule has 5 heteroatoms. The van der Waals surface area contributed by atoms with Crippen molar-refractivity contribution in [1.82, 2.24) is 4.98 Å². The molecule has 138 valence electrons. The fraction of sp³-hybridized carbons (Fsp3) is 0.182. The van der Waals surface area contributed by atoms with Crippen LogP contribution in [-0.2, 0) is 0 Å². The molecule has 0 bridgehead atoms. The lowest BCUT2D eigenvalue weighted by Crippen LogP contribution is -2.21. The van der Waals surface area contributed by atoms with Gasteiger partial charge in [-0.05, 0) is 11.6 Å². The van der Waals surface area contributed by atoms with E-state index >= 15 is 0 Å². The van der Waals surface area contributed by atoms with Crippen molar-refractivity contribution in [3.8, 4) is 11.1 Å². The Morgan fingerprint density at radius 3 is 2.15 bits per heavy atom. The average molecular weight is 425 g/mol. The fourth-order valence-corrected chi connectivity index (χ4v) is 3.45. The van der Waals surface area contributed by atoms with Crippen LogP contribution in [0.15, 0.2) is 59.1 Å². The summed E-state index contributed by atoms with van der Waals surface area (Å²) in [4.78, 5) is 29.3. The van der Waals surface area contributed by atoms with Crippen molar-refractivity contribution in [1.29, 1.82) is 0 Å². The maximum atomic E-state index is 13.2. The summed E-state index contributed by atoms with van der Waals surface area (Å²) in [6.07, 6.45) is 0. The van der Waals surface area contributed by atoms with Crippen LogP contribution in [0.25, 0.3) is 11.1 Å². The minimum atomic E-state index is -0.639. The maximum Gasteiger partial charge on any atom is 0.209 e. The van der Waals surface area contributed by atoms with Crippen molar-refractivity contribution in [2.24, 2.45) is 5.41 Å². The predicted molar refractivity (Wildman–Crippen MR) is 112 cm³/mol. The largest absolute Gasteiger partial charge is 0.385 e. The van der Waals surface area contributed by atoms with Crippen LogP contribution in [0.5, 0.6) is 0 Å². The molecule has 0 saturated carbocycles. The number of nitrogens with one attached hydrogen (secondary N) is 1. The number of halogens is 1. The van der Waals surface area contributed by atoms with Gasteiger partial charge in [-0.15, -0.1) is 0 Å². The van der Waals surface area contributed by atoms with Gasteiger partial charge in [0.25, 0.3) is 0 Å². The Kier molecular flexibility index (Phi) is 5.07. The second-order valence-electron chi connectivity index (χ2n) is 7.42. The molecule has 0 radical (unpaired) electrons. The van der Waals surface area contributed by atoms with Gasteiger partial charge in [0.05, 0.1) is 11.3 Å². The summed E-state index contributed by atoms with van der Waals surface area (Å²) in [6, 6.07) is 16.4. The molecule has 1 aromatic heterocycles. The normalized spacial score (nSPS) is 11.4. The van der Waals surface area contributed by atoms with E-state index in [9.17, 15) is 9.59 Å². The zero-order chi connectivity index (χ0) is 19.8. The van der Waals surface area contributed by atoms with E-state index in [1.165, 1.54) is 0 Å². The minimum Gasteiger partial charge on any atom is -0.385 e. The van der Waals surface area contributed by atoms with Gasteiger partial charge in [-0.25, -0.2) is 0 Å². The van der Waals surface area contributed by atoms with E-state index in [-0.39, 0.29) is 17.4 Å². The van der Waals surface area contributed by atoms with Gasteiger partial charge in [0.1, 0.15) is 5.82 Å². The monoisotopic (exact) mass is 424 g/mol. The number of aromatic amines is 1. The fourth-order valence-electron chi connectivity index (χ4n) is 2.97. The molecule has 0 atom stereocenters. The number of carbonyl (C=O) groups excluding carboxylic acids is 2. The number of hydrogen-bond donors (Lipinski definition) is 2. The van der Waals surface area contributed by atoms with E-state index in [4.69, 9.17) is 5.73 Å². The van der Waals surface area contributed by atoms with Crippen LogP contribution in [0.1, 0.15) is 47.2 Å². The number of benzene rings is 2. The standard InChI is InChI=1S/C22H21BrN2O2/c1-22(2,3)20(27)17-16(14-11-7-8-12-15(14)23)18(25-21(17)24)19(26)13-9-5-4-6-10-13/h4-12,25H,24H2,1-3H3. The lowest BCUT2D eigenvalue weighted by molar-refractivity contribution is 0.0860. The van der Waals surface area contributed by atoms with Gasteiger partial charge in [-0.2, -0.15) is 0 Å². The highest BCUT2D eigenvalue weighted by atomic mass is 79.9. The molecule has 0 aliphatic rings. The van der Waals surface area contributed by atoms with Crippen molar-refractivity contribution in [2.45, 2.75) is 20.8 Å². The zero-order valence-electron chi connectivity index (χ0n) is 15.5. The van der Waals surface area contributed by atoms with Crippen LogP contribution < -0.4 is 5.73 Å². The first-order valence-corrected chi connectivity index (χ1v) is 9.42. The lowest BCUT2D eigenvalue weighted by atomic mass is 9.83. The van der Waals surface area contributed by atoms with E-state index in [2.05, 4.69) is 20.9 Å². The highest BCUT2D eigenvalue weighted by Crippen LogP contribution is 2.40. The first kappa shape index (κ1) is 19.1. The van der Waals surface area contributed by atoms with E-state index < -0.39 is 5.41 Å². The summed E-state index contributed by atoms with van der Waals surface area (Å²) in [7, 11) is 0. The van der Waals surface area contributed by atoms with Gasteiger partial charge >= 0.3 is 0 Å². The number of carbonyl (C=O) groups is 2. The summed E-state index contributed by atoms with van der Waals surface area (Å²) in [5.74, 6) is -0.116. The third kappa shape index (κ3) is 3.60. The topological polar surface area (TPSA) is 76.0 Å². The van der Waals surface area contributed by atoms with Gasteiger partial charge in [0.15, 0.2) is 5.78 Å². The van der Waals surface area contributed by atoms with E-state index in [0.29, 0.717) is 22.4 Å². The van der Waals surface area contributed by atoms with Crippen LogP contribution in [0.4, 0.5) is 5.82 Å². The van der Waals surface area contributed by atoms with Gasteiger partial charge in [-0.3, -0.25) is 9.59 Å². The molecule has 0 saturated heterocycles. The molecular formula is C22H21BrN2O2. The Morgan fingerprint density at radius 1 is 0.963 bits per heavy atom. The maximum absolute atomic E-state index is 13.2. The molecule has 4 nitrogen and oxygen atoms in total.